The minimum absolute atomic E-state index is 0.297. The Kier molecular flexibility index (Phi) is 5.81. The Labute approximate surface area is 116 Å². The predicted octanol–water partition coefficient (Wildman–Crippen LogP) is 3.97. The van der Waals surface area contributed by atoms with Crippen molar-refractivity contribution in [3.8, 4) is 0 Å². The minimum atomic E-state index is 0.297. The van der Waals surface area contributed by atoms with E-state index in [-0.39, 0.29) is 0 Å². The molecule has 18 heavy (non-hydrogen) atoms. The number of alkyl halides is 1. The molecule has 1 atom stereocenters. The summed E-state index contributed by atoms with van der Waals surface area (Å²) < 4.78 is 0. The fourth-order valence-corrected chi connectivity index (χ4v) is 3.76. The highest BCUT2D eigenvalue weighted by Crippen LogP contribution is 2.29. The van der Waals surface area contributed by atoms with E-state index in [1.807, 2.05) is 0 Å². The number of carbonyl (C=O) groups excluding carboxylic acids is 1. The average molecular weight is 272 g/mol. The highest BCUT2D eigenvalue weighted by molar-refractivity contribution is 6.18. The number of amides is 1. The zero-order chi connectivity index (χ0) is 12.8. The largest absolute Gasteiger partial charge is 0.339 e. The first-order chi connectivity index (χ1) is 8.81. The molecule has 1 amide bonds. The summed E-state index contributed by atoms with van der Waals surface area (Å²) in [5, 5.41) is 0. The smallest absolute Gasteiger partial charge is 0.222 e. The molecule has 3 heteroatoms. The molecule has 2 fully saturated rings. The van der Waals surface area contributed by atoms with Gasteiger partial charge in [0.2, 0.25) is 5.91 Å². The van der Waals surface area contributed by atoms with Gasteiger partial charge in [0, 0.05) is 24.9 Å². The number of hydrogen-bond acceptors (Lipinski definition) is 1. The Morgan fingerprint density at radius 1 is 1.06 bits per heavy atom. The quantitative estimate of drug-likeness (QED) is 0.709. The lowest BCUT2D eigenvalue weighted by atomic mass is 10.0. The maximum Gasteiger partial charge on any atom is 0.222 e. The van der Waals surface area contributed by atoms with Crippen molar-refractivity contribution in [2.24, 2.45) is 5.92 Å². The van der Waals surface area contributed by atoms with Gasteiger partial charge in [-0.15, -0.1) is 11.6 Å². The van der Waals surface area contributed by atoms with Crippen molar-refractivity contribution >= 4 is 17.5 Å². The SMILES string of the molecule is O=C(CCC1CCCC1)N1CCCCCC1CCl. The van der Waals surface area contributed by atoms with Crippen LogP contribution in [0.2, 0.25) is 0 Å². The zero-order valence-electron chi connectivity index (χ0n) is 11.4. The second kappa shape index (κ2) is 7.37. The van der Waals surface area contributed by atoms with Crippen LogP contribution in [0.1, 0.15) is 64.2 Å². The van der Waals surface area contributed by atoms with Crippen LogP contribution in [0, 0.1) is 5.92 Å². The lowest BCUT2D eigenvalue weighted by Gasteiger charge is -2.29. The number of likely N-dealkylation sites (tertiary alicyclic amines) is 1. The van der Waals surface area contributed by atoms with Crippen molar-refractivity contribution in [2.75, 3.05) is 12.4 Å². The summed E-state index contributed by atoms with van der Waals surface area (Å²) in [7, 11) is 0. The van der Waals surface area contributed by atoms with Gasteiger partial charge in [0.1, 0.15) is 0 Å². The van der Waals surface area contributed by atoms with Gasteiger partial charge in [0.15, 0.2) is 0 Å². The monoisotopic (exact) mass is 271 g/mol. The van der Waals surface area contributed by atoms with E-state index >= 15 is 0 Å². The molecular formula is C15H26ClNO. The summed E-state index contributed by atoms with van der Waals surface area (Å²) in [6, 6.07) is 0.297. The summed E-state index contributed by atoms with van der Waals surface area (Å²) in [6.45, 7) is 0.931. The van der Waals surface area contributed by atoms with E-state index in [2.05, 4.69) is 4.90 Å². The van der Waals surface area contributed by atoms with Crippen LogP contribution in [0.4, 0.5) is 0 Å². The zero-order valence-corrected chi connectivity index (χ0v) is 12.1. The molecule has 1 aliphatic heterocycles. The van der Waals surface area contributed by atoms with Crippen LogP contribution in [0.3, 0.4) is 0 Å². The molecule has 2 rings (SSSR count). The third kappa shape index (κ3) is 3.88. The van der Waals surface area contributed by atoms with Gasteiger partial charge in [-0.2, -0.15) is 0 Å². The normalized spacial score (nSPS) is 26.3. The van der Waals surface area contributed by atoms with Crippen LogP contribution < -0.4 is 0 Å². The number of rotatable bonds is 4. The molecule has 0 spiro atoms. The lowest BCUT2D eigenvalue weighted by Crippen LogP contribution is -2.41. The van der Waals surface area contributed by atoms with Crippen LogP contribution in [-0.4, -0.2) is 29.3 Å². The molecular weight excluding hydrogens is 246 g/mol. The molecule has 1 saturated carbocycles. The van der Waals surface area contributed by atoms with Crippen molar-refractivity contribution in [3.63, 3.8) is 0 Å². The number of hydrogen-bond donors (Lipinski definition) is 0. The van der Waals surface area contributed by atoms with E-state index in [1.165, 1.54) is 38.5 Å². The molecule has 0 bridgehead atoms. The number of halogens is 1. The number of carbonyl (C=O) groups is 1. The van der Waals surface area contributed by atoms with E-state index in [4.69, 9.17) is 11.6 Å². The first-order valence-electron chi connectivity index (χ1n) is 7.66. The highest BCUT2D eigenvalue weighted by atomic mass is 35.5. The van der Waals surface area contributed by atoms with Crippen LogP contribution in [0.25, 0.3) is 0 Å². The number of nitrogens with zero attached hydrogens (tertiary/aromatic N) is 1. The molecule has 1 unspecified atom stereocenters. The van der Waals surface area contributed by atoms with Crippen molar-refractivity contribution in [1.29, 1.82) is 0 Å². The molecule has 0 radical (unpaired) electrons. The lowest BCUT2D eigenvalue weighted by molar-refractivity contribution is -0.133. The molecule has 0 aromatic carbocycles. The Morgan fingerprint density at radius 2 is 1.78 bits per heavy atom. The van der Waals surface area contributed by atoms with Gasteiger partial charge in [-0.3, -0.25) is 4.79 Å². The van der Waals surface area contributed by atoms with Crippen LogP contribution >= 0.6 is 11.6 Å². The molecule has 2 aliphatic rings. The van der Waals surface area contributed by atoms with Crippen LogP contribution in [0.5, 0.6) is 0 Å². The average Bonchev–Trinajstić information content (AvgIpc) is 2.79. The van der Waals surface area contributed by atoms with E-state index in [9.17, 15) is 4.79 Å². The van der Waals surface area contributed by atoms with Crippen molar-refractivity contribution < 1.29 is 4.79 Å². The summed E-state index contributed by atoms with van der Waals surface area (Å²) in [6.07, 6.45) is 12.0. The molecule has 2 nitrogen and oxygen atoms in total. The van der Waals surface area contributed by atoms with Gasteiger partial charge in [-0.25, -0.2) is 0 Å². The second-order valence-electron chi connectivity index (χ2n) is 5.93. The van der Waals surface area contributed by atoms with Gasteiger partial charge in [-0.1, -0.05) is 38.5 Å². The first-order valence-corrected chi connectivity index (χ1v) is 8.20. The summed E-state index contributed by atoms with van der Waals surface area (Å²) in [5.74, 6) is 1.78. The maximum atomic E-state index is 12.3. The van der Waals surface area contributed by atoms with E-state index in [1.54, 1.807) is 0 Å². The van der Waals surface area contributed by atoms with Crippen LogP contribution in [0.15, 0.2) is 0 Å². The molecule has 104 valence electrons. The Balaban J connectivity index is 1.80. The van der Waals surface area contributed by atoms with Crippen molar-refractivity contribution in [1.82, 2.24) is 4.90 Å². The van der Waals surface area contributed by atoms with Gasteiger partial charge in [0.05, 0.1) is 0 Å². The van der Waals surface area contributed by atoms with E-state index in [0.29, 0.717) is 17.8 Å². The molecule has 1 heterocycles. The molecule has 0 N–H and O–H groups in total. The predicted molar refractivity (Wildman–Crippen MR) is 75.9 cm³/mol. The Hall–Kier alpha value is -0.240. The molecule has 1 saturated heterocycles. The maximum absolute atomic E-state index is 12.3. The third-order valence-corrected chi connectivity index (χ3v) is 4.97. The topological polar surface area (TPSA) is 20.3 Å². The molecule has 0 aromatic heterocycles. The highest BCUT2D eigenvalue weighted by Gasteiger charge is 2.25. The van der Waals surface area contributed by atoms with Crippen LogP contribution in [-0.2, 0) is 4.79 Å². The van der Waals surface area contributed by atoms with E-state index in [0.717, 1.165) is 38.1 Å². The van der Waals surface area contributed by atoms with Gasteiger partial charge < -0.3 is 4.90 Å². The second-order valence-corrected chi connectivity index (χ2v) is 6.24. The molecule has 1 aliphatic carbocycles. The van der Waals surface area contributed by atoms with Crippen molar-refractivity contribution in [2.45, 2.75) is 70.3 Å². The minimum Gasteiger partial charge on any atom is -0.339 e. The fraction of sp³-hybridized carbons (Fsp3) is 0.933. The Bertz CT molecular complexity index is 263. The summed E-state index contributed by atoms with van der Waals surface area (Å²) in [4.78, 5) is 14.4. The van der Waals surface area contributed by atoms with Gasteiger partial charge >= 0.3 is 0 Å². The summed E-state index contributed by atoms with van der Waals surface area (Å²) in [5.41, 5.74) is 0. The Morgan fingerprint density at radius 3 is 2.50 bits per heavy atom. The standard InChI is InChI=1S/C15H26ClNO/c16-12-14-8-2-1-5-11-17(14)15(18)10-9-13-6-3-4-7-13/h13-14H,1-12H2. The van der Waals surface area contributed by atoms with E-state index < -0.39 is 0 Å². The first kappa shape index (κ1) is 14.2. The fourth-order valence-electron chi connectivity index (χ4n) is 3.44. The molecule has 0 aromatic rings. The third-order valence-electron chi connectivity index (χ3n) is 4.62. The summed E-state index contributed by atoms with van der Waals surface area (Å²) >= 11 is 6.03. The van der Waals surface area contributed by atoms with Gasteiger partial charge in [-0.05, 0) is 25.2 Å². The van der Waals surface area contributed by atoms with Gasteiger partial charge in [0.25, 0.3) is 0 Å². The van der Waals surface area contributed by atoms with Crippen molar-refractivity contribution in [3.05, 3.63) is 0 Å².